The van der Waals surface area contributed by atoms with Crippen LogP contribution in [0.5, 0.6) is 0 Å². The van der Waals surface area contributed by atoms with E-state index in [9.17, 15) is 5.11 Å². The molecule has 0 bridgehead atoms. The van der Waals surface area contributed by atoms with E-state index in [1.54, 1.807) is 13.0 Å². The quantitative estimate of drug-likeness (QED) is 0.625. The second-order valence-corrected chi connectivity index (χ2v) is 3.22. The SMILES string of the molecule is COCC(O)CNc1cc(N)nc(C)n1. The van der Waals surface area contributed by atoms with Crippen LogP contribution in [-0.2, 0) is 4.74 Å². The first-order valence-corrected chi connectivity index (χ1v) is 4.64. The number of anilines is 2. The minimum Gasteiger partial charge on any atom is -0.389 e. The normalized spacial score (nSPS) is 12.5. The van der Waals surface area contributed by atoms with Crippen molar-refractivity contribution in [2.24, 2.45) is 0 Å². The molecule has 1 heterocycles. The van der Waals surface area contributed by atoms with E-state index >= 15 is 0 Å². The van der Waals surface area contributed by atoms with Crippen LogP contribution in [0.2, 0.25) is 0 Å². The van der Waals surface area contributed by atoms with Crippen LogP contribution in [0.1, 0.15) is 5.82 Å². The number of methoxy groups -OCH3 is 1. The van der Waals surface area contributed by atoms with E-state index in [1.807, 2.05) is 0 Å². The minimum absolute atomic E-state index is 0.284. The van der Waals surface area contributed by atoms with E-state index in [0.717, 1.165) is 0 Å². The lowest BCUT2D eigenvalue weighted by atomic mass is 10.3. The van der Waals surface area contributed by atoms with Crippen LogP contribution < -0.4 is 11.1 Å². The fourth-order valence-electron chi connectivity index (χ4n) is 1.16. The van der Waals surface area contributed by atoms with Crippen molar-refractivity contribution in [1.82, 2.24) is 9.97 Å². The Morgan fingerprint density at radius 3 is 2.93 bits per heavy atom. The lowest BCUT2D eigenvalue weighted by Gasteiger charge is -2.11. The number of hydrogen-bond donors (Lipinski definition) is 3. The van der Waals surface area contributed by atoms with Gasteiger partial charge in [0.2, 0.25) is 0 Å². The molecule has 1 aromatic heterocycles. The van der Waals surface area contributed by atoms with Crippen molar-refractivity contribution in [2.75, 3.05) is 31.3 Å². The van der Waals surface area contributed by atoms with Crippen molar-refractivity contribution in [3.63, 3.8) is 0 Å². The molecule has 84 valence electrons. The Balaban J connectivity index is 2.50. The highest BCUT2D eigenvalue weighted by Gasteiger charge is 2.04. The molecule has 1 rings (SSSR count). The van der Waals surface area contributed by atoms with Crippen molar-refractivity contribution < 1.29 is 9.84 Å². The minimum atomic E-state index is -0.563. The van der Waals surface area contributed by atoms with Gasteiger partial charge in [0.05, 0.1) is 12.7 Å². The van der Waals surface area contributed by atoms with Gasteiger partial charge in [-0.2, -0.15) is 0 Å². The molecule has 0 amide bonds. The number of rotatable bonds is 5. The van der Waals surface area contributed by atoms with Crippen LogP contribution in [0, 0.1) is 6.92 Å². The molecule has 1 aromatic rings. The third-order valence-electron chi connectivity index (χ3n) is 1.74. The monoisotopic (exact) mass is 212 g/mol. The molecule has 15 heavy (non-hydrogen) atoms. The summed E-state index contributed by atoms with van der Waals surface area (Å²) in [5.74, 6) is 1.61. The van der Waals surface area contributed by atoms with E-state index in [1.165, 1.54) is 7.11 Å². The number of aliphatic hydroxyl groups excluding tert-OH is 1. The number of hydrogen-bond acceptors (Lipinski definition) is 6. The molecule has 0 radical (unpaired) electrons. The topological polar surface area (TPSA) is 93.3 Å². The molecule has 0 fully saturated rings. The summed E-state index contributed by atoms with van der Waals surface area (Å²) in [6.45, 7) is 2.41. The number of aliphatic hydroxyl groups is 1. The van der Waals surface area contributed by atoms with Gasteiger partial charge in [0.25, 0.3) is 0 Å². The molecular weight excluding hydrogens is 196 g/mol. The van der Waals surface area contributed by atoms with E-state index < -0.39 is 6.10 Å². The molecule has 0 aromatic carbocycles. The molecule has 0 saturated heterocycles. The molecule has 4 N–H and O–H groups in total. The molecule has 0 spiro atoms. The van der Waals surface area contributed by atoms with Crippen molar-refractivity contribution >= 4 is 11.6 Å². The Hall–Kier alpha value is -1.40. The zero-order chi connectivity index (χ0) is 11.3. The Morgan fingerprint density at radius 2 is 2.33 bits per heavy atom. The van der Waals surface area contributed by atoms with Crippen LogP contribution in [0.3, 0.4) is 0 Å². The van der Waals surface area contributed by atoms with Crippen molar-refractivity contribution in [2.45, 2.75) is 13.0 Å². The van der Waals surface area contributed by atoms with Gasteiger partial charge >= 0.3 is 0 Å². The highest BCUT2D eigenvalue weighted by atomic mass is 16.5. The molecule has 6 heteroatoms. The molecule has 0 saturated carbocycles. The predicted octanol–water partition coefficient (Wildman–Crippen LogP) is -0.214. The largest absolute Gasteiger partial charge is 0.389 e. The third kappa shape index (κ3) is 4.09. The van der Waals surface area contributed by atoms with Crippen LogP contribution >= 0.6 is 0 Å². The molecule has 0 aliphatic rings. The number of nitrogens with zero attached hydrogens (tertiary/aromatic N) is 2. The van der Waals surface area contributed by atoms with Gasteiger partial charge in [0.1, 0.15) is 17.5 Å². The number of nitrogens with two attached hydrogens (primary N) is 1. The van der Waals surface area contributed by atoms with Crippen LogP contribution in [0.4, 0.5) is 11.6 Å². The van der Waals surface area contributed by atoms with E-state index in [0.29, 0.717) is 24.0 Å². The Kier molecular flexibility index (Phi) is 4.26. The number of aromatic nitrogens is 2. The van der Waals surface area contributed by atoms with Gasteiger partial charge in [-0.05, 0) is 6.92 Å². The fourth-order valence-corrected chi connectivity index (χ4v) is 1.16. The molecule has 0 aliphatic carbocycles. The first kappa shape index (κ1) is 11.7. The number of nitrogen functional groups attached to an aromatic ring is 1. The maximum absolute atomic E-state index is 9.39. The maximum Gasteiger partial charge on any atom is 0.131 e. The molecule has 1 unspecified atom stereocenters. The summed E-state index contributed by atoms with van der Waals surface area (Å²) in [5, 5.41) is 12.3. The standard InChI is InChI=1S/C9H16N4O2/c1-6-12-8(10)3-9(13-6)11-4-7(14)5-15-2/h3,7,14H,4-5H2,1-2H3,(H3,10,11,12,13). The van der Waals surface area contributed by atoms with E-state index in [2.05, 4.69) is 15.3 Å². The first-order chi connectivity index (χ1) is 7.11. The number of ether oxygens (including phenoxy) is 1. The summed E-state index contributed by atoms with van der Waals surface area (Å²) in [6, 6.07) is 1.62. The molecule has 6 nitrogen and oxygen atoms in total. The number of aryl methyl sites for hydroxylation is 1. The Morgan fingerprint density at radius 1 is 1.60 bits per heavy atom. The fraction of sp³-hybridized carbons (Fsp3) is 0.556. The Bertz CT molecular complexity index is 299. The summed E-state index contributed by atoms with van der Waals surface area (Å²) in [6.07, 6.45) is -0.563. The second kappa shape index (κ2) is 5.47. The van der Waals surface area contributed by atoms with Crippen molar-refractivity contribution in [3.8, 4) is 0 Å². The predicted molar refractivity (Wildman–Crippen MR) is 57.6 cm³/mol. The zero-order valence-electron chi connectivity index (χ0n) is 8.90. The van der Waals surface area contributed by atoms with Crippen LogP contribution in [-0.4, -0.2) is 41.4 Å². The van der Waals surface area contributed by atoms with Crippen molar-refractivity contribution in [1.29, 1.82) is 0 Å². The summed E-state index contributed by atoms with van der Waals surface area (Å²) < 4.78 is 4.79. The van der Waals surface area contributed by atoms with Gasteiger partial charge < -0.3 is 20.9 Å². The maximum atomic E-state index is 9.39. The van der Waals surface area contributed by atoms with Gasteiger partial charge in [0, 0.05) is 19.7 Å². The molecule has 0 aliphatic heterocycles. The van der Waals surface area contributed by atoms with Gasteiger partial charge in [0.15, 0.2) is 0 Å². The van der Waals surface area contributed by atoms with Crippen molar-refractivity contribution in [3.05, 3.63) is 11.9 Å². The summed E-state index contributed by atoms with van der Waals surface area (Å²) >= 11 is 0. The van der Waals surface area contributed by atoms with Gasteiger partial charge in [-0.1, -0.05) is 0 Å². The summed E-state index contributed by atoms with van der Waals surface area (Å²) in [7, 11) is 1.54. The van der Waals surface area contributed by atoms with Gasteiger partial charge in [-0.15, -0.1) is 0 Å². The van der Waals surface area contributed by atoms with Crippen LogP contribution in [0.25, 0.3) is 0 Å². The lowest BCUT2D eigenvalue weighted by Crippen LogP contribution is -2.24. The second-order valence-electron chi connectivity index (χ2n) is 3.22. The smallest absolute Gasteiger partial charge is 0.131 e. The highest BCUT2D eigenvalue weighted by Crippen LogP contribution is 2.07. The Labute approximate surface area is 88.5 Å². The third-order valence-corrected chi connectivity index (χ3v) is 1.74. The first-order valence-electron chi connectivity index (χ1n) is 4.64. The highest BCUT2D eigenvalue weighted by molar-refractivity contribution is 5.44. The summed E-state index contributed by atoms with van der Waals surface area (Å²) in [4.78, 5) is 8.05. The molecule has 1 atom stereocenters. The average molecular weight is 212 g/mol. The number of nitrogens with one attached hydrogen (secondary N) is 1. The van der Waals surface area contributed by atoms with E-state index in [-0.39, 0.29) is 6.61 Å². The van der Waals surface area contributed by atoms with Gasteiger partial charge in [-0.3, -0.25) is 0 Å². The lowest BCUT2D eigenvalue weighted by molar-refractivity contribution is 0.0727. The zero-order valence-corrected chi connectivity index (χ0v) is 8.90. The van der Waals surface area contributed by atoms with E-state index in [4.69, 9.17) is 10.5 Å². The summed E-state index contributed by atoms with van der Waals surface area (Å²) in [5.41, 5.74) is 5.55. The van der Waals surface area contributed by atoms with Gasteiger partial charge in [-0.25, -0.2) is 9.97 Å². The van der Waals surface area contributed by atoms with Crippen LogP contribution in [0.15, 0.2) is 6.07 Å². The molecular formula is C9H16N4O2. The average Bonchev–Trinajstić information content (AvgIpc) is 2.14.